The fraction of sp³-hybridized carbons (Fsp3) is 0.333. The number of halogens is 2. The normalized spacial score (nSPS) is 10.4. The second kappa shape index (κ2) is 4.59. The van der Waals surface area contributed by atoms with Gasteiger partial charge in [-0.25, -0.2) is 10.3 Å². The highest BCUT2D eigenvalue weighted by molar-refractivity contribution is 6.30. The summed E-state index contributed by atoms with van der Waals surface area (Å²) in [6.07, 6.45) is 0. The number of hydrogen-bond donors (Lipinski definition) is 1. The minimum atomic E-state index is -0.556. The molecule has 1 aromatic carbocycles. The van der Waals surface area contributed by atoms with Gasteiger partial charge in [0, 0.05) is 0 Å². The van der Waals surface area contributed by atoms with Gasteiger partial charge < -0.3 is 4.74 Å². The molecule has 0 saturated heterocycles. The molecule has 14 heavy (non-hydrogen) atoms. The maximum atomic E-state index is 13.5. The van der Waals surface area contributed by atoms with Gasteiger partial charge in [0.2, 0.25) is 0 Å². The van der Waals surface area contributed by atoms with E-state index in [0.29, 0.717) is 5.75 Å². The smallest absolute Gasteiger partial charge is 0.151 e. The molecule has 0 saturated carbocycles. The van der Waals surface area contributed by atoms with E-state index in [9.17, 15) is 4.39 Å². The van der Waals surface area contributed by atoms with Crippen molar-refractivity contribution in [2.75, 3.05) is 7.11 Å². The molecule has 5 heteroatoms. The van der Waals surface area contributed by atoms with E-state index in [0.717, 1.165) is 5.56 Å². The van der Waals surface area contributed by atoms with Crippen LogP contribution in [0.15, 0.2) is 6.07 Å². The van der Waals surface area contributed by atoms with E-state index in [1.807, 2.05) is 0 Å². The Labute approximate surface area is 86.5 Å². The zero-order chi connectivity index (χ0) is 10.7. The molecule has 1 aromatic rings. The quantitative estimate of drug-likeness (QED) is 0.793. The van der Waals surface area contributed by atoms with Crippen molar-refractivity contribution in [1.82, 2.24) is 0 Å². The first kappa shape index (κ1) is 11.2. The highest BCUT2D eigenvalue weighted by atomic mass is 35.5. The van der Waals surface area contributed by atoms with Crippen molar-refractivity contribution >= 4 is 11.6 Å². The second-order valence-corrected chi connectivity index (χ2v) is 3.22. The number of nitrogens with two attached hydrogens (primary N) is 1. The molecule has 0 aliphatic carbocycles. The molecule has 0 fully saturated rings. The summed E-state index contributed by atoms with van der Waals surface area (Å²) < 4.78 is 18.5. The van der Waals surface area contributed by atoms with Crippen LogP contribution in [-0.2, 0) is 11.4 Å². The van der Waals surface area contributed by atoms with E-state index in [2.05, 4.69) is 4.84 Å². The van der Waals surface area contributed by atoms with E-state index in [4.69, 9.17) is 22.2 Å². The maximum Gasteiger partial charge on any atom is 0.151 e. The summed E-state index contributed by atoms with van der Waals surface area (Å²) in [5.74, 6) is 4.75. The maximum absolute atomic E-state index is 13.5. The molecule has 0 heterocycles. The molecule has 0 aliphatic heterocycles. The van der Waals surface area contributed by atoms with Crippen LogP contribution in [0.1, 0.15) is 11.1 Å². The molecule has 0 atom stereocenters. The Kier molecular flexibility index (Phi) is 3.69. The van der Waals surface area contributed by atoms with Crippen molar-refractivity contribution in [3.05, 3.63) is 28.0 Å². The van der Waals surface area contributed by atoms with Crippen LogP contribution in [0.4, 0.5) is 4.39 Å². The Morgan fingerprint density at radius 2 is 2.21 bits per heavy atom. The van der Waals surface area contributed by atoms with Crippen molar-refractivity contribution in [2.24, 2.45) is 5.90 Å². The number of hydrogen-bond acceptors (Lipinski definition) is 3. The lowest BCUT2D eigenvalue weighted by molar-refractivity contribution is 0.119. The van der Waals surface area contributed by atoms with Crippen LogP contribution in [0.25, 0.3) is 0 Å². The topological polar surface area (TPSA) is 44.5 Å². The zero-order valence-corrected chi connectivity index (χ0v) is 8.69. The van der Waals surface area contributed by atoms with E-state index >= 15 is 0 Å². The summed E-state index contributed by atoms with van der Waals surface area (Å²) in [6, 6.07) is 1.50. The summed E-state index contributed by atoms with van der Waals surface area (Å²) in [4.78, 5) is 4.38. The molecule has 78 valence electrons. The summed E-state index contributed by atoms with van der Waals surface area (Å²) in [6.45, 7) is 1.70. The highest BCUT2D eigenvalue weighted by Gasteiger charge is 2.15. The van der Waals surface area contributed by atoms with Crippen molar-refractivity contribution in [1.29, 1.82) is 0 Å². The lowest BCUT2D eigenvalue weighted by Gasteiger charge is -2.12. The molecule has 1 rings (SSSR count). The van der Waals surface area contributed by atoms with Crippen LogP contribution in [-0.4, -0.2) is 7.11 Å². The summed E-state index contributed by atoms with van der Waals surface area (Å²) in [5, 5.41) is 0.0374. The summed E-state index contributed by atoms with van der Waals surface area (Å²) in [7, 11) is 1.45. The molecular formula is C9H11ClFNO2. The third-order valence-corrected chi connectivity index (χ3v) is 2.16. The molecule has 0 unspecified atom stereocenters. The van der Waals surface area contributed by atoms with E-state index < -0.39 is 5.82 Å². The van der Waals surface area contributed by atoms with E-state index in [1.54, 1.807) is 6.92 Å². The number of aryl methyl sites for hydroxylation is 1. The Morgan fingerprint density at radius 1 is 1.57 bits per heavy atom. The third kappa shape index (κ3) is 1.97. The van der Waals surface area contributed by atoms with Gasteiger partial charge in [-0.2, -0.15) is 0 Å². The third-order valence-electron chi connectivity index (χ3n) is 1.88. The fourth-order valence-electron chi connectivity index (χ4n) is 1.30. The van der Waals surface area contributed by atoms with Gasteiger partial charge in [0.1, 0.15) is 5.75 Å². The molecule has 0 spiro atoms. The van der Waals surface area contributed by atoms with Gasteiger partial charge in [-0.05, 0) is 18.6 Å². The Morgan fingerprint density at radius 3 is 2.71 bits per heavy atom. The fourth-order valence-corrected chi connectivity index (χ4v) is 1.57. The standard InChI is InChI=1S/C9H11ClFNO2/c1-5-3-7(10)8(11)6(4-14-12)9(5)13-2/h3H,4,12H2,1-2H3. The molecule has 0 radical (unpaired) electrons. The van der Waals surface area contributed by atoms with Gasteiger partial charge in [-0.1, -0.05) is 11.6 Å². The zero-order valence-electron chi connectivity index (χ0n) is 7.93. The summed E-state index contributed by atoms with van der Waals surface area (Å²) >= 11 is 5.66. The first-order chi connectivity index (χ1) is 6.61. The van der Waals surface area contributed by atoms with E-state index in [1.165, 1.54) is 13.2 Å². The number of ether oxygens (including phenoxy) is 1. The van der Waals surface area contributed by atoms with Crippen molar-refractivity contribution in [3.63, 3.8) is 0 Å². The average molecular weight is 220 g/mol. The van der Waals surface area contributed by atoms with Gasteiger partial charge in [0.05, 0.1) is 24.3 Å². The van der Waals surface area contributed by atoms with Crippen LogP contribution in [0.3, 0.4) is 0 Å². The predicted octanol–water partition coefficient (Wildman–Crippen LogP) is 2.19. The number of benzene rings is 1. The monoisotopic (exact) mass is 219 g/mol. The van der Waals surface area contributed by atoms with Gasteiger partial charge in [0.15, 0.2) is 5.82 Å². The lowest BCUT2D eigenvalue weighted by Crippen LogP contribution is -2.05. The second-order valence-electron chi connectivity index (χ2n) is 2.81. The first-order valence-corrected chi connectivity index (χ1v) is 4.32. The first-order valence-electron chi connectivity index (χ1n) is 3.95. The molecular weight excluding hydrogens is 209 g/mol. The van der Waals surface area contributed by atoms with Gasteiger partial charge in [-0.15, -0.1) is 0 Å². The van der Waals surface area contributed by atoms with Gasteiger partial charge >= 0.3 is 0 Å². The Balaban J connectivity index is 3.32. The van der Waals surface area contributed by atoms with Crippen LogP contribution in [0.5, 0.6) is 5.75 Å². The molecule has 0 aliphatic rings. The van der Waals surface area contributed by atoms with E-state index in [-0.39, 0.29) is 17.2 Å². The molecule has 0 aromatic heterocycles. The number of methoxy groups -OCH3 is 1. The molecule has 3 nitrogen and oxygen atoms in total. The molecule has 2 N–H and O–H groups in total. The van der Waals surface area contributed by atoms with Crippen LogP contribution >= 0.6 is 11.6 Å². The predicted molar refractivity (Wildman–Crippen MR) is 51.7 cm³/mol. The van der Waals surface area contributed by atoms with Crippen LogP contribution in [0, 0.1) is 12.7 Å². The minimum Gasteiger partial charge on any atom is -0.496 e. The van der Waals surface area contributed by atoms with Crippen LogP contribution < -0.4 is 10.6 Å². The van der Waals surface area contributed by atoms with Crippen molar-refractivity contribution in [3.8, 4) is 5.75 Å². The van der Waals surface area contributed by atoms with Crippen molar-refractivity contribution < 1.29 is 14.0 Å². The molecule has 0 bridgehead atoms. The Hall–Kier alpha value is -0.840. The number of rotatable bonds is 3. The SMILES string of the molecule is COc1c(C)cc(Cl)c(F)c1CON. The van der Waals surface area contributed by atoms with Crippen LogP contribution in [0.2, 0.25) is 5.02 Å². The minimum absolute atomic E-state index is 0.0374. The van der Waals surface area contributed by atoms with Gasteiger partial charge in [0.25, 0.3) is 0 Å². The Bertz CT molecular complexity index is 344. The average Bonchev–Trinajstić information content (AvgIpc) is 2.14. The largest absolute Gasteiger partial charge is 0.496 e. The van der Waals surface area contributed by atoms with Crippen molar-refractivity contribution in [2.45, 2.75) is 13.5 Å². The lowest BCUT2D eigenvalue weighted by atomic mass is 10.1. The molecule has 0 amide bonds. The summed E-state index contributed by atoms with van der Waals surface area (Å²) in [5.41, 5.74) is 0.978. The van der Waals surface area contributed by atoms with Gasteiger partial charge in [-0.3, -0.25) is 4.84 Å². The highest BCUT2D eigenvalue weighted by Crippen LogP contribution is 2.31.